The highest BCUT2D eigenvalue weighted by Crippen LogP contribution is 2.39. The van der Waals surface area contributed by atoms with Gasteiger partial charge < -0.3 is 4.74 Å². The third-order valence-corrected chi connectivity index (χ3v) is 4.25. The molecule has 1 aliphatic rings. The van der Waals surface area contributed by atoms with Gasteiger partial charge in [-0.3, -0.25) is 0 Å². The molecule has 0 radical (unpaired) electrons. The lowest BCUT2D eigenvalue weighted by Crippen LogP contribution is -2.26. The Morgan fingerprint density at radius 3 is 2.65 bits per heavy atom. The van der Waals surface area contributed by atoms with E-state index in [1.54, 1.807) is 0 Å². The molecular formula is C16H24O. The Morgan fingerprint density at radius 2 is 2.00 bits per heavy atom. The van der Waals surface area contributed by atoms with Crippen molar-refractivity contribution in [2.24, 2.45) is 5.92 Å². The van der Waals surface area contributed by atoms with E-state index in [9.17, 15) is 0 Å². The summed E-state index contributed by atoms with van der Waals surface area (Å²) in [6.07, 6.45) is 2.22. The van der Waals surface area contributed by atoms with Gasteiger partial charge in [0.05, 0.1) is 0 Å². The number of hydrogen-bond acceptors (Lipinski definition) is 1. The van der Waals surface area contributed by atoms with Gasteiger partial charge in [0.1, 0.15) is 11.4 Å². The van der Waals surface area contributed by atoms with Gasteiger partial charge in [-0.2, -0.15) is 0 Å². The summed E-state index contributed by atoms with van der Waals surface area (Å²) >= 11 is 0. The van der Waals surface area contributed by atoms with Gasteiger partial charge in [-0.25, -0.2) is 0 Å². The molecule has 1 aliphatic carbocycles. The zero-order valence-electron chi connectivity index (χ0n) is 11.7. The van der Waals surface area contributed by atoms with Crippen LogP contribution in [0.4, 0.5) is 0 Å². The molecule has 1 heteroatoms. The van der Waals surface area contributed by atoms with Gasteiger partial charge >= 0.3 is 0 Å². The van der Waals surface area contributed by atoms with Crippen LogP contribution in [0, 0.1) is 5.92 Å². The van der Waals surface area contributed by atoms with E-state index in [4.69, 9.17) is 4.74 Å². The van der Waals surface area contributed by atoms with Crippen LogP contribution >= 0.6 is 0 Å². The van der Waals surface area contributed by atoms with E-state index in [2.05, 4.69) is 52.8 Å². The molecule has 1 aromatic carbocycles. The zero-order valence-corrected chi connectivity index (χ0v) is 11.7. The summed E-state index contributed by atoms with van der Waals surface area (Å²) in [5, 5.41) is 0. The maximum atomic E-state index is 6.05. The second kappa shape index (κ2) is 4.36. The predicted molar refractivity (Wildman–Crippen MR) is 72.7 cm³/mol. The second-order valence-corrected chi connectivity index (χ2v) is 6.05. The van der Waals surface area contributed by atoms with Crippen molar-refractivity contribution in [3.8, 4) is 5.75 Å². The molecule has 0 spiro atoms. The number of ether oxygens (including phenoxy) is 1. The van der Waals surface area contributed by atoms with Gasteiger partial charge in [-0.1, -0.05) is 26.8 Å². The monoisotopic (exact) mass is 232 g/mol. The molecule has 0 bridgehead atoms. The number of benzene rings is 1. The molecule has 0 heterocycles. The van der Waals surface area contributed by atoms with E-state index in [1.807, 2.05) is 0 Å². The normalized spacial score (nSPS) is 23.6. The quantitative estimate of drug-likeness (QED) is 0.743. The van der Waals surface area contributed by atoms with Crippen molar-refractivity contribution in [3.05, 3.63) is 29.3 Å². The molecule has 0 saturated heterocycles. The first-order chi connectivity index (χ1) is 7.93. The van der Waals surface area contributed by atoms with Crippen molar-refractivity contribution >= 4 is 0 Å². The lowest BCUT2D eigenvalue weighted by atomic mass is 9.97. The Morgan fingerprint density at radius 1 is 1.29 bits per heavy atom. The van der Waals surface area contributed by atoms with Crippen molar-refractivity contribution in [3.63, 3.8) is 0 Å². The summed E-state index contributed by atoms with van der Waals surface area (Å²) in [7, 11) is 0. The Bertz CT molecular complexity index is 406. The van der Waals surface area contributed by atoms with Gasteiger partial charge in [0.15, 0.2) is 0 Å². The van der Waals surface area contributed by atoms with E-state index in [0.29, 0.717) is 5.92 Å². The molecule has 0 saturated carbocycles. The van der Waals surface area contributed by atoms with Crippen LogP contribution in [-0.2, 0) is 6.42 Å². The van der Waals surface area contributed by atoms with Crippen LogP contribution in [-0.4, -0.2) is 5.60 Å². The smallest absolute Gasteiger partial charge is 0.120 e. The topological polar surface area (TPSA) is 9.23 Å². The van der Waals surface area contributed by atoms with Crippen LogP contribution in [0.15, 0.2) is 18.2 Å². The standard InChI is InChI=1S/C16H24O/c1-6-16(4,5)17-14-7-8-15-12(3)11(2)9-13(15)10-14/h7-8,10-12H,6,9H2,1-5H3. The summed E-state index contributed by atoms with van der Waals surface area (Å²) < 4.78 is 6.05. The van der Waals surface area contributed by atoms with Crippen LogP contribution in [0.25, 0.3) is 0 Å². The number of rotatable bonds is 3. The van der Waals surface area contributed by atoms with Crippen LogP contribution in [0.5, 0.6) is 5.75 Å². The molecule has 0 aromatic heterocycles. The molecule has 0 fully saturated rings. The van der Waals surface area contributed by atoms with E-state index in [-0.39, 0.29) is 5.60 Å². The average molecular weight is 232 g/mol. The summed E-state index contributed by atoms with van der Waals surface area (Å²) in [6.45, 7) is 11.1. The van der Waals surface area contributed by atoms with Crippen LogP contribution in [0.3, 0.4) is 0 Å². The highest BCUT2D eigenvalue weighted by atomic mass is 16.5. The van der Waals surface area contributed by atoms with E-state index < -0.39 is 0 Å². The Labute approximate surface area is 105 Å². The molecule has 0 aliphatic heterocycles. The van der Waals surface area contributed by atoms with E-state index >= 15 is 0 Å². The molecule has 1 nitrogen and oxygen atoms in total. The SMILES string of the molecule is CCC(C)(C)Oc1ccc2c(c1)CC(C)C2C. The minimum atomic E-state index is -0.0654. The fourth-order valence-corrected chi connectivity index (χ4v) is 2.49. The second-order valence-electron chi connectivity index (χ2n) is 6.05. The number of fused-ring (bicyclic) bond motifs is 1. The van der Waals surface area contributed by atoms with Gasteiger partial charge in [-0.05, 0) is 61.8 Å². The van der Waals surface area contributed by atoms with Crippen molar-refractivity contribution in [2.75, 3.05) is 0 Å². The van der Waals surface area contributed by atoms with Crippen molar-refractivity contribution < 1.29 is 4.74 Å². The van der Waals surface area contributed by atoms with Gasteiger partial charge in [0.2, 0.25) is 0 Å². The predicted octanol–water partition coefficient (Wildman–Crippen LogP) is 4.55. The number of hydrogen-bond donors (Lipinski definition) is 0. The van der Waals surface area contributed by atoms with Crippen LogP contribution in [0.2, 0.25) is 0 Å². The van der Waals surface area contributed by atoms with Crippen LogP contribution in [0.1, 0.15) is 58.1 Å². The molecule has 2 unspecified atom stereocenters. The van der Waals surface area contributed by atoms with Crippen molar-refractivity contribution in [1.82, 2.24) is 0 Å². The van der Waals surface area contributed by atoms with Crippen LogP contribution < -0.4 is 4.74 Å². The zero-order chi connectivity index (χ0) is 12.6. The van der Waals surface area contributed by atoms with E-state index in [0.717, 1.165) is 18.1 Å². The first-order valence-electron chi connectivity index (χ1n) is 6.75. The largest absolute Gasteiger partial charge is 0.488 e. The average Bonchev–Trinajstić information content (AvgIpc) is 2.54. The molecule has 0 amide bonds. The Hall–Kier alpha value is -0.980. The highest BCUT2D eigenvalue weighted by molar-refractivity contribution is 5.41. The molecule has 17 heavy (non-hydrogen) atoms. The van der Waals surface area contributed by atoms with Crippen molar-refractivity contribution in [1.29, 1.82) is 0 Å². The third-order valence-electron chi connectivity index (χ3n) is 4.25. The third kappa shape index (κ3) is 2.48. The molecular weight excluding hydrogens is 208 g/mol. The maximum Gasteiger partial charge on any atom is 0.120 e. The lowest BCUT2D eigenvalue weighted by Gasteiger charge is -2.25. The summed E-state index contributed by atoms with van der Waals surface area (Å²) in [5.74, 6) is 2.48. The summed E-state index contributed by atoms with van der Waals surface area (Å²) in [6, 6.07) is 6.63. The molecule has 1 aromatic rings. The lowest BCUT2D eigenvalue weighted by molar-refractivity contribution is 0.105. The van der Waals surface area contributed by atoms with Gasteiger partial charge in [-0.15, -0.1) is 0 Å². The van der Waals surface area contributed by atoms with Gasteiger partial charge in [0, 0.05) is 0 Å². The fraction of sp³-hybridized carbons (Fsp3) is 0.625. The highest BCUT2D eigenvalue weighted by Gasteiger charge is 2.26. The molecule has 0 N–H and O–H groups in total. The molecule has 94 valence electrons. The first kappa shape index (κ1) is 12.5. The maximum absolute atomic E-state index is 6.05. The molecule has 2 rings (SSSR count). The summed E-state index contributed by atoms with van der Waals surface area (Å²) in [4.78, 5) is 0. The Kier molecular flexibility index (Phi) is 3.20. The molecule has 2 atom stereocenters. The fourth-order valence-electron chi connectivity index (χ4n) is 2.49. The summed E-state index contributed by atoms with van der Waals surface area (Å²) in [5.41, 5.74) is 2.93. The van der Waals surface area contributed by atoms with Crippen molar-refractivity contribution in [2.45, 2.75) is 59.0 Å². The van der Waals surface area contributed by atoms with Gasteiger partial charge in [0.25, 0.3) is 0 Å². The minimum Gasteiger partial charge on any atom is -0.488 e. The minimum absolute atomic E-state index is 0.0654. The Balaban J connectivity index is 2.22. The first-order valence-corrected chi connectivity index (χ1v) is 6.75. The van der Waals surface area contributed by atoms with E-state index in [1.165, 1.54) is 17.5 Å².